The van der Waals surface area contributed by atoms with Crippen LogP contribution in [0.3, 0.4) is 0 Å². The highest BCUT2D eigenvalue weighted by molar-refractivity contribution is 5.78. The largest absolute Gasteiger partial charge is 0.312 e. The number of para-hydroxylation sites is 1. The number of nitrogens with one attached hydrogen (secondary N) is 1. The van der Waals surface area contributed by atoms with Gasteiger partial charge in [-0.15, -0.1) is 0 Å². The van der Waals surface area contributed by atoms with Gasteiger partial charge in [0.2, 0.25) is 0 Å². The van der Waals surface area contributed by atoms with Gasteiger partial charge in [-0.25, -0.2) is 0 Å². The minimum Gasteiger partial charge on any atom is -0.312 e. The van der Waals surface area contributed by atoms with Crippen molar-refractivity contribution in [1.82, 2.24) is 9.88 Å². The van der Waals surface area contributed by atoms with Gasteiger partial charge < -0.3 is 9.88 Å². The summed E-state index contributed by atoms with van der Waals surface area (Å²) in [7, 11) is 0. The van der Waals surface area contributed by atoms with Gasteiger partial charge in [-0.2, -0.15) is 0 Å². The molecule has 2 aromatic rings. The van der Waals surface area contributed by atoms with Crippen molar-refractivity contribution in [2.24, 2.45) is 5.92 Å². The molecule has 1 aliphatic carbocycles. The van der Waals surface area contributed by atoms with Gasteiger partial charge in [0.05, 0.1) is 5.52 Å². The van der Waals surface area contributed by atoms with E-state index in [9.17, 15) is 4.79 Å². The Bertz CT molecular complexity index is 662. The van der Waals surface area contributed by atoms with Crippen LogP contribution in [0.2, 0.25) is 0 Å². The number of benzene rings is 1. The van der Waals surface area contributed by atoms with Crippen molar-refractivity contribution in [3.05, 3.63) is 46.8 Å². The van der Waals surface area contributed by atoms with Crippen molar-refractivity contribution in [3.8, 4) is 0 Å². The second kappa shape index (κ2) is 6.44. The van der Waals surface area contributed by atoms with Gasteiger partial charge in [0.15, 0.2) is 0 Å². The zero-order valence-electron chi connectivity index (χ0n) is 12.7. The molecule has 2 unspecified atom stereocenters. The second-order valence-corrected chi connectivity index (χ2v) is 6.20. The summed E-state index contributed by atoms with van der Waals surface area (Å²) >= 11 is 0. The van der Waals surface area contributed by atoms with Gasteiger partial charge in [-0.1, -0.05) is 38.0 Å². The van der Waals surface area contributed by atoms with Crippen molar-refractivity contribution >= 4 is 10.9 Å². The lowest BCUT2D eigenvalue weighted by Crippen LogP contribution is -2.39. The summed E-state index contributed by atoms with van der Waals surface area (Å²) in [6, 6.07) is 12.3. The molecule has 0 bridgehead atoms. The lowest BCUT2D eigenvalue weighted by Gasteiger charge is -2.29. The van der Waals surface area contributed by atoms with E-state index in [0.717, 1.165) is 29.9 Å². The molecule has 0 aliphatic heterocycles. The molecule has 3 rings (SSSR count). The molecule has 0 amide bonds. The van der Waals surface area contributed by atoms with Crippen molar-refractivity contribution in [3.63, 3.8) is 0 Å². The maximum Gasteiger partial charge on any atom is 0.251 e. The van der Waals surface area contributed by atoms with E-state index in [1.807, 2.05) is 28.8 Å². The smallest absolute Gasteiger partial charge is 0.251 e. The fourth-order valence-electron chi connectivity index (χ4n) is 3.46. The first kappa shape index (κ1) is 14.3. The Hall–Kier alpha value is -1.61. The number of hydrogen-bond donors (Lipinski definition) is 1. The first-order chi connectivity index (χ1) is 10.3. The first-order valence-corrected chi connectivity index (χ1v) is 8.08. The van der Waals surface area contributed by atoms with Gasteiger partial charge in [-0.05, 0) is 36.3 Å². The second-order valence-electron chi connectivity index (χ2n) is 6.20. The zero-order chi connectivity index (χ0) is 14.7. The van der Waals surface area contributed by atoms with Crippen molar-refractivity contribution in [2.75, 3.05) is 6.54 Å². The third-order valence-electron chi connectivity index (χ3n) is 4.75. The van der Waals surface area contributed by atoms with Crippen LogP contribution in [0.15, 0.2) is 41.2 Å². The van der Waals surface area contributed by atoms with E-state index in [1.54, 1.807) is 6.07 Å². The quantitative estimate of drug-likeness (QED) is 0.935. The first-order valence-electron chi connectivity index (χ1n) is 8.08. The number of pyridine rings is 1. The van der Waals surface area contributed by atoms with E-state index in [-0.39, 0.29) is 5.56 Å². The Kier molecular flexibility index (Phi) is 4.39. The third kappa shape index (κ3) is 3.18. The van der Waals surface area contributed by atoms with E-state index in [1.165, 1.54) is 25.7 Å². The number of hydrogen-bond acceptors (Lipinski definition) is 2. The third-order valence-corrected chi connectivity index (χ3v) is 4.75. The van der Waals surface area contributed by atoms with Crippen LogP contribution in [0.25, 0.3) is 10.9 Å². The molecule has 1 aromatic heterocycles. The van der Waals surface area contributed by atoms with Gasteiger partial charge in [0, 0.05) is 25.2 Å². The molecule has 21 heavy (non-hydrogen) atoms. The highest BCUT2D eigenvalue weighted by Crippen LogP contribution is 2.23. The zero-order valence-corrected chi connectivity index (χ0v) is 12.7. The van der Waals surface area contributed by atoms with Crippen molar-refractivity contribution < 1.29 is 0 Å². The van der Waals surface area contributed by atoms with Crippen LogP contribution in [-0.4, -0.2) is 17.2 Å². The molecule has 1 heterocycles. The molecule has 0 spiro atoms. The fourth-order valence-corrected chi connectivity index (χ4v) is 3.46. The van der Waals surface area contributed by atoms with E-state index in [0.29, 0.717) is 6.04 Å². The molecular weight excluding hydrogens is 260 g/mol. The Morgan fingerprint density at radius 1 is 1.14 bits per heavy atom. The van der Waals surface area contributed by atoms with Gasteiger partial charge in [0.25, 0.3) is 5.56 Å². The van der Waals surface area contributed by atoms with E-state index >= 15 is 0 Å². The van der Waals surface area contributed by atoms with Crippen LogP contribution in [-0.2, 0) is 6.54 Å². The number of nitrogens with zero attached hydrogens (tertiary/aromatic N) is 1. The molecule has 1 fully saturated rings. The molecule has 1 aromatic carbocycles. The Balaban J connectivity index is 1.70. The Morgan fingerprint density at radius 2 is 1.95 bits per heavy atom. The van der Waals surface area contributed by atoms with Crippen LogP contribution >= 0.6 is 0 Å². The molecule has 0 radical (unpaired) electrons. The topological polar surface area (TPSA) is 34.0 Å². The summed E-state index contributed by atoms with van der Waals surface area (Å²) in [6.45, 7) is 3.94. The molecule has 1 aliphatic rings. The number of fused-ring (bicyclic) bond motifs is 1. The SMILES string of the molecule is CC1CCCCC1NCCn1c(=O)ccc2ccccc21. The monoisotopic (exact) mass is 284 g/mol. The summed E-state index contributed by atoms with van der Waals surface area (Å²) in [5, 5.41) is 4.78. The van der Waals surface area contributed by atoms with Crippen LogP contribution < -0.4 is 10.9 Å². The van der Waals surface area contributed by atoms with E-state index in [2.05, 4.69) is 18.3 Å². The summed E-state index contributed by atoms with van der Waals surface area (Å²) in [5.74, 6) is 0.753. The summed E-state index contributed by atoms with van der Waals surface area (Å²) in [5.41, 5.74) is 1.12. The van der Waals surface area contributed by atoms with Gasteiger partial charge >= 0.3 is 0 Å². The van der Waals surface area contributed by atoms with Crippen LogP contribution in [0, 0.1) is 5.92 Å². The lowest BCUT2D eigenvalue weighted by molar-refractivity contribution is 0.278. The van der Waals surface area contributed by atoms with Gasteiger partial charge in [-0.3, -0.25) is 4.79 Å². The fraction of sp³-hybridized carbons (Fsp3) is 0.500. The lowest BCUT2D eigenvalue weighted by atomic mass is 9.86. The molecule has 1 N–H and O–H groups in total. The summed E-state index contributed by atoms with van der Waals surface area (Å²) in [4.78, 5) is 12.1. The number of aromatic nitrogens is 1. The predicted octanol–water partition coefficient (Wildman–Crippen LogP) is 3.17. The van der Waals surface area contributed by atoms with Crippen LogP contribution in [0.5, 0.6) is 0 Å². The molecule has 2 atom stereocenters. The van der Waals surface area contributed by atoms with Crippen LogP contribution in [0.1, 0.15) is 32.6 Å². The summed E-state index contributed by atoms with van der Waals surface area (Å²) in [6.07, 6.45) is 5.29. The predicted molar refractivity (Wildman–Crippen MR) is 87.6 cm³/mol. The number of rotatable bonds is 4. The molecule has 1 saturated carbocycles. The average molecular weight is 284 g/mol. The minimum absolute atomic E-state index is 0.0900. The molecule has 0 saturated heterocycles. The molecule has 3 heteroatoms. The standard InChI is InChI=1S/C18H24N2O/c1-14-6-2-4-8-16(14)19-12-13-20-17-9-5-3-7-15(17)10-11-18(20)21/h3,5,7,9-11,14,16,19H,2,4,6,8,12-13H2,1H3. The maximum absolute atomic E-state index is 12.1. The molecule has 3 nitrogen and oxygen atoms in total. The normalized spacial score (nSPS) is 22.5. The van der Waals surface area contributed by atoms with Gasteiger partial charge in [0.1, 0.15) is 0 Å². The maximum atomic E-state index is 12.1. The summed E-state index contributed by atoms with van der Waals surface area (Å²) < 4.78 is 1.88. The van der Waals surface area contributed by atoms with Crippen molar-refractivity contribution in [1.29, 1.82) is 0 Å². The van der Waals surface area contributed by atoms with E-state index < -0.39 is 0 Å². The highest BCUT2D eigenvalue weighted by atomic mass is 16.1. The molecule has 112 valence electrons. The Labute approximate surface area is 126 Å². The van der Waals surface area contributed by atoms with E-state index in [4.69, 9.17) is 0 Å². The minimum atomic E-state index is 0.0900. The average Bonchev–Trinajstić information content (AvgIpc) is 2.51. The Morgan fingerprint density at radius 3 is 2.81 bits per heavy atom. The van der Waals surface area contributed by atoms with Crippen LogP contribution in [0.4, 0.5) is 0 Å². The molecular formula is C18H24N2O. The van der Waals surface area contributed by atoms with Crippen molar-refractivity contribution in [2.45, 2.75) is 45.2 Å². The highest BCUT2D eigenvalue weighted by Gasteiger charge is 2.20.